The maximum absolute atomic E-state index is 16.6. The summed E-state index contributed by atoms with van der Waals surface area (Å²) in [6, 6.07) is 0. The van der Waals surface area contributed by atoms with Crippen LogP contribution in [0.25, 0.3) is 0 Å². The standard InChI is InChI=1S/C21H29FO3/c1-13(23)21(25)9-7-16-17-5-4-14-12-15(24)6-8-18(14,2)20(17,22)11-10-19(16,21)3/h12,16-17,25H,4-11H2,1-3H3/t16-,17-,18-,19-,20+,21-/m0/s1. The van der Waals surface area contributed by atoms with E-state index in [0.29, 0.717) is 32.1 Å². The number of ketones is 2. The van der Waals surface area contributed by atoms with Gasteiger partial charge in [-0.3, -0.25) is 9.59 Å². The second-order valence-electron chi connectivity index (χ2n) is 9.45. The number of carbonyl (C=O) groups is 2. The summed E-state index contributed by atoms with van der Waals surface area (Å²) in [5.41, 5.74) is -2.74. The Labute approximate surface area is 149 Å². The first kappa shape index (κ1) is 17.4. The smallest absolute Gasteiger partial charge is 0.161 e. The number of aliphatic hydroxyl groups is 1. The van der Waals surface area contributed by atoms with E-state index in [2.05, 4.69) is 0 Å². The van der Waals surface area contributed by atoms with E-state index in [1.54, 1.807) is 6.08 Å². The topological polar surface area (TPSA) is 54.4 Å². The molecule has 3 saturated carbocycles. The van der Waals surface area contributed by atoms with Gasteiger partial charge in [0.25, 0.3) is 0 Å². The Kier molecular flexibility index (Phi) is 3.50. The van der Waals surface area contributed by atoms with Gasteiger partial charge in [-0.1, -0.05) is 19.4 Å². The largest absolute Gasteiger partial charge is 0.382 e. The number of alkyl halides is 1. The molecule has 0 bridgehead atoms. The normalized spacial score (nSPS) is 52.0. The molecule has 4 aliphatic rings. The number of Topliss-reactive ketones (excluding diaryl/α,β-unsaturated/α-hetero) is 1. The molecule has 0 unspecified atom stereocenters. The lowest BCUT2D eigenvalue weighted by Crippen LogP contribution is -2.63. The monoisotopic (exact) mass is 348 g/mol. The Morgan fingerprint density at radius 3 is 2.52 bits per heavy atom. The lowest BCUT2D eigenvalue weighted by atomic mass is 9.44. The quantitative estimate of drug-likeness (QED) is 0.781. The Morgan fingerprint density at radius 1 is 1.12 bits per heavy atom. The van der Waals surface area contributed by atoms with Crippen molar-refractivity contribution in [3.63, 3.8) is 0 Å². The molecule has 0 saturated heterocycles. The first-order valence-corrected chi connectivity index (χ1v) is 9.75. The SMILES string of the molecule is CC(=O)[C@@]1(O)CC[C@H]2[C@@H]3CCC4=CC(=O)CC[C@]4(C)[C@@]3(F)CC[C@@]21C. The van der Waals surface area contributed by atoms with Gasteiger partial charge in [0.05, 0.1) is 0 Å². The molecule has 6 atom stereocenters. The van der Waals surface area contributed by atoms with Gasteiger partial charge in [-0.05, 0) is 69.8 Å². The lowest BCUT2D eigenvalue weighted by Gasteiger charge is -2.61. The number of hydrogen-bond acceptors (Lipinski definition) is 3. The van der Waals surface area contributed by atoms with Crippen molar-refractivity contribution in [2.24, 2.45) is 22.7 Å². The highest BCUT2D eigenvalue weighted by Gasteiger charge is 2.70. The molecule has 25 heavy (non-hydrogen) atoms. The van der Waals surface area contributed by atoms with Crippen LogP contribution in [0.3, 0.4) is 0 Å². The number of hydrogen-bond donors (Lipinski definition) is 1. The zero-order valence-electron chi connectivity index (χ0n) is 15.5. The fraction of sp³-hybridized carbons (Fsp3) is 0.810. The van der Waals surface area contributed by atoms with E-state index in [1.165, 1.54) is 6.92 Å². The number of allylic oxidation sites excluding steroid dienone is 1. The molecule has 4 rings (SSSR count). The van der Waals surface area contributed by atoms with Crippen molar-refractivity contribution >= 4 is 11.6 Å². The molecule has 1 N–H and O–H groups in total. The molecule has 4 aliphatic carbocycles. The Morgan fingerprint density at radius 2 is 1.84 bits per heavy atom. The molecular weight excluding hydrogens is 319 g/mol. The maximum Gasteiger partial charge on any atom is 0.161 e. The maximum atomic E-state index is 16.6. The number of carbonyl (C=O) groups excluding carboxylic acids is 2. The Bertz CT molecular complexity index is 685. The Balaban J connectivity index is 1.76. The van der Waals surface area contributed by atoms with Crippen molar-refractivity contribution in [3.05, 3.63) is 11.6 Å². The predicted molar refractivity (Wildman–Crippen MR) is 92.7 cm³/mol. The van der Waals surface area contributed by atoms with Crippen LogP contribution >= 0.6 is 0 Å². The van der Waals surface area contributed by atoms with Crippen LogP contribution in [0.4, 0.5) is 4.39 Å². The summed E-state index contributed by atoms with van der Waals surface area (Å²) in [5, 5.41) is 11.1. The van der Waals surface area contributed by atoms with Gasteiger partial charge in [-0.15, -0.1) is 0 Å². The van der Waals surface area contributed by atoms with Crippen LogP contribution in [-0.2, 0) is 9.59 Å². The third-order valence-corrected chi connectivity index (χ3v) is 8.80. The second-order valence-corrected chi connectivity index (χ2v) is 9.45. The molecule has 4 heteroatoms. The highest BCUT2D eigenvalue weighted by Crippen LogP contribution is 2.70. The zero-order chi connectivity index (χ0) is 18.3. The summed E-state index contributed by atoms with van der Waals surface area (Å²) in [6.07, 6.45) is 6.30. The van der Waals surface area contributed by atoms with Crippen LogP contribution in [0.2, 0.25) is 0 Å². The average Bonchev–Trinajstić information content (AvgIpc) is 2.83. The second kappa shape index (κ2) is 5.03. The molecule has 0 aromatic rings. The summed E-state index contributed by atoms with van der Waals surface area (Å²) in [4.78, 5) is 24.1. The van der Waals surface area contributed by atoms with Crippen LogP contribution in [0.15, 0.2) is 11.6 Å². The highest BCUT2D eigenvalue weighted by molar-refractivity contribution is 5.91. The minimum atomic E-state index is -1.33. The van der Waals surface area contributed by atoms with Gasteiger partial charge in [0.15, 0.2) is 11.6 Å². The lowest BCUT2D eigenvalue weighted by molar-refractivity contribution is -0.181. The third-order valence-electron chi connectivity index (χ3n) is 8.80. The van der Waals surface area contributed by atoms with E-state index in [-0.39, 0.29) is 23.4 Å². The summed E-state index contributed by atoms with van der Waals surface area (Å²) >= 11 is 0. The van der Waals surface area contributed by atoms with Crippen molar-refractivity contribution in [1.82, 2.24) is 0 Å². The molecule has 0 heterocycles. The van der Waals surface area contributed by atoms with E-state index >= 15 is 4.39 Å². The van der Waals surface area contributed by atoms with Crippen molar-refractivity contribution in [2.75, 3.05) is 0 Å². The van der Waals surface area contributed by atoms with Crippen LogP contribution in [0, 0.1) is 22.7 Å². The molecule has 3 nitrogen and oxygen atoms in total. The van der Waals surface area contributed by atoms with Crippen molar-refractivity contribution in [1.29, 1.82) is 0 Å². The fourth-order valence-electron chi connectivity index (χ4n) is 7.05. The van der Waals surface area contributed by atoms with Crippen molar-refractivity contribution in [3.8, 4) is 0 Å². The Hall–Kier alpha value is -1.03. The van der Waals surface area contributed by atoms with E-state index in [4.69, 9.17) is 0 Å². The van der Waals surface area contributed by atoms with E-state index in [0.717, 1.165) is 24.8 Å². The first-order chi connectivity index (χ1) is 11.6. The molecule has 138 valence electrons. The predicted octanol–water partition coefficient (Wildman–Crippen LogP) is 3.93. The van der Waals surface area contributed by atoms with E-state index in [9.17, 15) is 14.7 Å². The van der Waals surface area contributed by atoms with Gasteiger partial charge < -0.3 is 5.11 Å². The van der Waals surface area contributed by atoms with Crippen LogP contribution < -0.4 is 0 Å². The van der Waals surface area contributed by atoms with Gasteiger partial charge >= 0.3 is 0 Å². The minimum absolute atomic E-state index is 0.0381. The summed E-state index contributed by atoms with van der Waals surface area (Å²) < 4.78 is 16.6. The average molecular weight is 348 g/mol. The molecule has 0 aromatic heterocycles. The number of fused-ring (bicyclic) bond motifs is 5. The molecule has 0 aromatic carbocycles. The van der Waals surface area contributed by atoms with Gasteiger partial charge in [-0.2, -0.15) is 0 Å². The fourth-order valence-corrected chi connectivity index (χ4v) is 7.05. The van der Waals surface area contributed by atoms with Gasteiger partial charge in [0, 0.05) is 17.3 Å². The molecule has 0 radical (unpaired) electrons. The van der Waals surface area contributed by atoms with Crippen molar-refractivity contribution < 1.29 is 19.1 Å². The number of halogens is 1. The summed E-state index contributed by atoms with van der Waals surface area (Å²) in [7, 11) is 0. The van der Waals surface area contributed by atoms with Gasteiger partial charge in [0.1, 0.15) is 11.3 Å². The molecule has 3 fully saturated rings. The zero-order valence-corrected chi connectivity index (χ0v) is 15.5. The highest BCUT2D eigenvalue weighted by atomic mass is 19.1. The molecule has 0 aliphatic heterocycles. The van der Waals surface area contributed by atoms with Crippen molar-refractivity contribution in [2.45, 2.75) is 83.4 Å². The van der Waals surface area contributed by atoms with Crippen LogP contribution in [-0.4, -0.2) is 27.9 Å². The third kappa shape index (κ3) is 1.90. The van der Waals surface area contributed by atoms with Gasteiger partial charge in [0.2, 0.25) is 0 Å². The van der Waals surface area contributed by atoms with E-state index < -0.39 is 22.1 Å². The molecular formula is C21H29FO3. The van der Waals surface area contributed by atoms with E-state index in [1.807, 2.05) is 13.8 Å². The van der Waals surface area contributed by atoms with Gasteiger partial charge in [-0.25, -0.2) is 4.39 Å². The molecule has 0 amide bonds. The minimum Gasteiger partial charge on any atom is -0.382 e. The van der Waals surface area contributed by atoms with Crippen LogP contribution in [0.1, 0.15) is 72.1 Å². The first-order valence-electron chi connectivity index (χ1n) is 9.75. The molecule has 0 spiro atoms. The summed E-state index contributed by atoms with van der Waals surface area (Å²) in [5.74, 6) is -0.136. The summed E-state index contributed by atoms with van der Waals surface area (Å²) in [6.45, 7) is 5.48. The number of rotatable bonds is 1. The van der Waals surface area contributed by atoms with Crippen LogP contribution in [0.5, 0.6) is 0 Å².